The standard InChI is InChI=1S/C19H14ClF2N5O3.C19H14ClN5O4/c1-10-16(30-14-4-11(7-23)3-13(20)6-14)19(28)27(9-24-10)8-12-5-15(17(21)22)25-26-18(12)29-2;1-11-17(29-16-4-12(7-21)3-14(20)6-16)19(27)25(10-22-11)8-13-5-15(9-26)23-24-18(13)28-2/h3-6,9,17H,8H2,1-2H3;3-6,9-10H,8H2,1-2H3. The van der Waals surface area contributed by atoms with Crippen LogP contribution in [-0.4, -0.2) is 60.0 Å². The lowest BCUT2D eigenvalue weighted by Gasteiger charge is -2.13. The van der Waals surface area contributed by atoms with E-state index in [2.05, 4.69) is 30.4 Å². The number of ether oxygens (including phenoxy) is 4. The highest BCUT2D eigenvalue weighted by atomic mass is 35.5. The smallest absolute Gasteiger partial charge is 0.296 e. The van der Waals surface area contributed by atoms with E-state index in [1.54, 1.807) is 13.8 Å². The Hall–Kier alpha value is -7.35. The number of aromatic nitrogens is 8. The van der Waals surface area contributed by atoms with Gasteiger partial charge in [-0.2, -0.15) is 10.5 Å². The Morgan fingerprint density at radius 2 is 1.17 bits per heavy atom. The van der Waals surface area contributed by atoms with Crippen molar-refractivity contribution in [3.8, 4) is 46.9 Å². The van der Waals surface area contributed by atoms with Gasteiger partial charge in [0.2, 0.25) is 23.3 Å². The topological polar surface area (TPSA) is 223 Å². The fraction of sp³-hybridized carbons (Fsp3) is 0.184. The maximum absolute atomic E-state index is 13.0. The summed E-state index contributed by atoms with van der Waals surface area (Å²) < 4.78 is 49.9. The molecule has 0 aliphatic carbocycles. The van der Waals surface area contributed by atoms with Crippen LogP contribution < -0.4 is 30.1 Å². The number of aryl methyl sites for hydroxylation is 2. The molecule has 0 saturated carbocycles. The first-order chi connectivity index (χ1) is 28.3. The molecule has 0 amide bonds. The van der Waals surface area contributed by atoms with Crippen molar-refractivity contribution in [2.24, 2.45) is 0 Å². The van der Waals surface area contributed by atoms with Crippen LogP contribution in [0.4, 0.5) is 8.78 Å². The highest BCUT2D eigenvalue weighted by Gasteiger charge is 2.19. The number of methoxy groups -OCH3 is 2. The number of nitriles is 2. The number of hydrogen-bond donors (Lipinski definition) is 0. The molecule has 0 unspecified atom stereocenters. The monoisotopic (exact) mass is 844 g/mol. The largest absolute Gasteiger partial charge is 0.480 e. The SMILES string of the molecule is COc1nnc(C(F)F)cc1Cn1cnc(C)c(Oc2cc(Cl)cc(C#N)c2)c1=O.COc1nnc(C=O)cc1Cn1cnc(C)c(Oc2cc(Cl)cc(C#N)c2)c1=O. The summed E-state index contributed by atoms with van der Waals surface area (Å²) in [5.74, 6) is 0.484. The third kappa shape index (κ3) is 10.5. The second kappa shape index (κ2) is 19.2. The molecule has 0 atom stereocenters. The Morgan fingerprint density at radius 1 is 0.712 bits per heavy atom. The molecular weight excluding hydrogens is 817 g/mol. The van der Waals surface area contributed by atoms with Crippen molar-refractivity contribution in [1.29, 1.82) is 10.5 Å². The van der Waals surface area contributed by atoms with Gasteiger partial charge in [-0.3, -0.25) is 23.5 Å². The normalized spacial score (nSPS) is 10.5. The predicted octanol–water partition coefficient (Wildman–Crippen LogP) is 6.18. The highest BCUT2D eigenvalue weighted by Crippen LogP contribution is 2.28. The molecule has 300 valence electrons. The molecule has 0 aliphatic heterocycles. The van der Waals surface area contributed by atoms with Crippen LogP contribution in [0.3, 0.4) is 0 Å². The maximum atomic E-state index is 13.0. The first kappa shape index (κ1) is 42.8. The van der Waals surface area contributed by atoms with Gasteiger partial charge in [-0.15, -0.1) is 20.4 Å². The minimum atomic E-state index is -2.83. The van der Waals surface area contributed by atoms with Gasteiger partial charge < -0.3 is 18.9 Å². The maximum Gasteiger partial charge on any atom is 0.296 e. The Balaban J connectivity index is 0.000000224. The average Bonchev–Trinajstić information content (AvgIpc) is 3.22. The summed E-state index contributed by atoms with van der Waals surface area (Å²) in [6, 6.07) is 15.3. The third-order valence-electron chi connectivity index (χ3n) is 7.91. The fourth-order valence-electron chi connectivity index (χ4n) is 5.15. The number of alkyl halides is 2. The summed E-state index contributed by atoms with van der Waals surface area (Å²) in [5.41, 5.74) is 0.414. The summed E-state index contributed by atoms with van der Waals surface area (Å²) in [6.45, 7) is 3.07. The van der Waals surface area contributed by atoms with Gasteiger partial charge in [0.1, 0.15) is 22.9 Å². The quantitative estimate of drug-likeness (QED) is 0.125. The molecular formula is C38H28Cl2F2N10O7. The van der Waals surface area contributed by atoms with Crippen molar-refractivity contribution >= 4 is 29.5 Å². The third-order valence-corrected chi connectivity index (χ3v) is 8.34. The first-order valence-electron chi connectivity index (χ1n) is 16.7. The van der Waals surface area contributed by atoms with Crippen molar-refractivity contribution in [2.75, 3.05) is 14.2 Å². The van der Waals surface area contributed by atoms with Crippen molar-refractivity contribution in [1.82, 2.24) is 39.5 Å². The zero-order valence-corrected chi connectivity index (χ0v) is 32.7. The number of nitrogens with zero attached hydrogens (tertiary/aromatic N) is 10. The minimum Gasteiger partial charge on any atom is -0.480 e. The summed E-state index contributed by atoms with van der Waals surface area (Å²) in [5, 5.41) is 33.2. The zero-order valence-electron chi connectivity index (χ0n) is 31.2. The molecule has 4 aromatic heterocycles. The number of carbonyl (C=O) groups is 1. The van der Waals surface area contributed by atoms with Crippen LogP contribution in [0.1, 0.15) is 56.2 Å². The number of aldehydes is 1. The molecule has 0 aliphatic rings. The van der Waals surface area contributed by atoms with Crippen LogP contribution >= 0.6 is 23.2 Å². The molecule has 59 heavy (non-hydrogen) atoms. The molecule has 4 heterocycles. The molecule has 0 bridgehead atoms. The van der Waals surface area contributed by atoms with Gasteiger partial charge in [-0.1, -0.05) is 23.2 Å². The average molecular weight is 846 g/mol. The van der Waals surface area contributed by atoms with Gasteiger partial charge in [0, 0.05) is 21.2 Å². The van der Waals surface area contributed by atoms with E-state index in [0.29, 0.717) is 33.8 Å². The molecule has 0 radical (unpaired) electrons. The number of rotatable bonds is 12. The molecule has 0 N–H and O–H groups in total. The minimum absolute atomic E-state index is 0.00264. The molecule has 0 fully saturated rings. The van der Waals surface area contributed by atoms with Gasteiger partial charge in [0.05, 0.1) is 74.6 Å². The van der Waals surface area contributed by atoms with E-state index in [1.165, 1.54) is 73.9 Å². The molecule has 0 saturated heterocycles. The molecule has 6 rings (SSSR count). The van der Waals surface area contributed by atoms with Crippen LogP contribution in [0.2, 0.25) is 10.0 Å². The molecule has 21 heteroatoms. The van der Waals surface area contributed by atoms with Gasteiger partial charge in [-0.25, -0.2) is 18.7 Å². The first-order valence-corrected chi connectivity index (χ1v) is 17.5. The van der Waals surface area contributed by atoms with Crippen molar-refractivity contribution in [3.05, 3.63) is 137 Å². The van der Waals surface area contributed by atoms with Crippen molar-refractivity contribution < 1.29 is 32.5 Å². The van der Waals surface area contributed by atoms with E-state index in [0.717, 1.165) is 10.6 Å². The van der Waals surface area contributed by atoms with E-state index in [1.807, 2.05) is 12.1 Å². The van der Waals surface area contributed by atoms with Crippen LogP contribution in [0, 0.1) is 36.5 Å². The van der Waals surface area contributed by atoms with E-state index in [4.69, 9.17) is 52.7 Å². The van der Waals surface area contributed by atoms with Gasteiger partial charge in [0.15, 0.2) is 6.29 Å². The molecule has 0 spiro atoms. The second-order valence-electron chi connectivity index (χ2n) is 12.0. The summed E-state index contributed by atoms with van der Waals surface area (Å²) >= 11 is 12.0. The van der Waals surface area contributed by atoms with Crippen molar-refractivity contribution in [3.63, 3.8) is 0 Å². The van der Waals surface area contributed by atoms with Gasteiger partial charge in [-0.05, 0) is 62.4 Å². The van der Waals surface area contributed by atoms with Crippen LogP contribution in [0.25, 0.3) is 0 Å². The van der Waals surface area contributed by atoms with Crippen LogP contribution in [-0.2, 0) is 13.1 Å². The Morgan fingerprint density at radius 3 is 1.59 bits per heavy atom. The lowest BCUT2D eigenvalue weighted by atomic mass is 10.2. The number of hydrogen-bond acceptors (Lipinski definition) is 15. The van der Waals surface area contributed by atoms with E-state index >= 15 is 0 Å². The lowest BCUT2D eigenvalue weighted by molar-refractivity contribution is 0.111. The predicted molar refractivity (Wildman–Crippen MR) is 205 cm³/mol. The van der Waals surface area contributed by atoms with E-state index in [9.17, 15) is 23.2 Å². The zero-order chi connectivity index (χ0) is 42.8. The van der Waals surface area contributed by atoms with Gasteiger partial charge in [0.25, 0.3) is 17.5 Å². The molecule has 6 aromatic rings. The Kier molecular flexibility index (Phi) is 13.9. The number of benzene rings is 2. The molecule has 2 aromatic carbocycles. The van der Waals surface area contributed by atoms with E-state index < -0.39 is 23.2 Å². The van der Waals surface area contributed by atoms with Crippen molar-refractivity contribution in [2.45, 2.75) is 33.4 Å². The van der Waals surface area contributed by atoms with Crippen LogP contribution in [0.15, 0.2) is 70.8 Å². The summed E-state index contributed by atoms with van der Waals surface area (Å²) in [7, 11) is 2.72. The Labute approximate surface area is 342 Å². The lowest BCUT2D eigenvalue weighted by Crippen LogP contribution is -2.24. The molecule has 17 nitrogen and oxygen atoms in total. The number of halogens is 4. The number of carbonyl (C=O) groups excluding carboxylic acids is 1. The summed E-state index contributed by atoms with van der Waals surface area (Å²) in [6.07, 6.45) is 0.326. The summed E-state index contributed by atoms with van der Waals surface area (Å²) in [4.78, 5) is 45.2. The Bertz CT molecular complexity index is 2760. The fourth-order valence-corrected chi connectivity index (χ4v) is 5.60. The van der Waals surface area contributed by atoms with Crippen LogP contribution in [0.5, 0.6) is 34.8 Å². The van der Waals surface area contributed by atoms with Gasteiger partial charge >= 0.3 is 0 Å². The highest BCUT2D eigenvalue weighted by molar-refractivity contribution is 6.31. The second-order valence-corrected chi connectivity index (χ2v) is 12.9. The van der Waals surface area contributed by atoms with E-state index in [-0.39, 0.29) is 69.7 Å².